The Morgan fingerprint density at radius 1 is 1.42 bits per heavy atom. The lowest BCUT2D eigenvalue weighted by atomic mass is 10.0. The molecule has 2 aromatic rings. The number of pyridine rings is 1. The predicted octanol–water partition coefficient (Wildman–Crippen LogP) is 1.76. The van der Waals surface area contributed by atoms with Crippen LogP contribution in [-0.2, 0) is 4.74 Å². The monoisotopic (exact) mass is 262 g/mol. The number of hydrogen-bond acceptors (Lipinski definition) is 5. The first kappa shape index (κ1) is 12.2. The molecule has 0 aliphatic carbocycles. The molecule has 0 saturated carbocycles. The van der Waals surface area contributed by atoms with Crippen LogP contribution in [0.4, 0.5) is 5.95 Å². The molecule has 1 saturated heterocycles. The van der Waals surface area contributed by atoms with Gasteiger partial charge in [-0.1, -0.05) is 0 Å². The highest BCUT2D eigenvalue weighted by atomic mass is 16.5. The van der Waals surface area contributed by atoms with Crippen molar-refractivity contribution >= 4 is 17.1 Å². The molecule has 2 unspecified atom stereocenters. The molecule has 1 aliphatic rings. The van der Waals surface area contributed by atoms with Gasteiger partial charge in [0.05, 0.1) is 13.2 Å². The Kier molecular flexibility index (Phi) is 3.02. The van der Waals surface area contributed by atoms with Crippen molar-refractivity contribution in [3.8, 4) is 5.88 Å². The van der Waals surface area contributed by atoms with Gasteiger partial charge >= 0.3 is 0 Å². The zero-order valence-corrected chi connectivity index (χ0v) is 11.2. The van der Waals surface area contributed by atoms with Gasteiger partial charge in [0.2, 0.25) is 11.8 Å². The highest BCUT2D eigenvalue weighted by Crippen LogP contribution is 2.31. The number of imidazole rings is 1. The van der Waals surface area contributed by atoms with E-state index in [0.29, 0.717) is 11.8 Å². The number of methoxy groups -OCH3 is 1. The maximum atomic E-state index is 6.05. The first-order valence-electron chi connectivity index (χ1n) is 6.49. The van der Waals surface area contributed by atoms with Gasteiger partial charge in [-0.25, -0.2) is 4.98 Å². The van der Waals surface area contributed by atoms with Crippen molar-refractivity contribution in [2.75, 3.05) is 19.5 Å². The van der Waals surface area contributed by atoms with Gasteiger partial charge < -0.3 is 15.2 Å². The molecule has 1 aliphatic heterocycles. The average molecular weight is 262 g/mol. The van der Waals surface area contributed by atoms with E-state index in [-0.39, 0.29) is 12.1 Å². The summed E-state index contributed by atoms with van der Waals surface area (Å²) in [6, 6.07) is 3.97. The van der Waals surface area contributed by atoms with Gasteiger partial charge in [-0.3, -0.25) is 4.57 Å². The largest absolute Gasteiger partial charge is 0.481 e. The minimum absolute atomic E-state index is 0.237. The number of hydrogen-bond donors (Lipinski definition) is 1. The molecule has 6 heteroatoms. The molecule has 0 radical (unpaired) electrons. The van der Waals surface area contributed by atoms with E-state index in [1.165, 1.54) is 0 Å². The van der Waals surface area contributed by atoms with Crippen LogP contribution in [-0.4, -0.2) is 34.4 Å². The molecule has 2 atom stereocenters. The van der Waals surface area contributed by atoms with Crippen molar-refractivity contribution in [1.82, 2.24) is 14.5 Å². The third kappa shape index (κ3) is 2.12. The molecule has 0 bridgehead atoms. The van der Waals surface area contributed by atoms with E-state index in [0.717, 1.165) is 30.6 Å². The Balaban J connectivity index is 2.08. The van der Waals surface area contributed by atoms with Crippen molar-refractivity contribution in [3.63, 3.8) is 0 Å². The van der Waals surface area contributed by atoms with Crippen LogP contribution < -0.4 is 10.5 Å². The lowest BCUT2D eigenvalue weighted by Crippen LogP contribution is -2.26. The Morgan fingerprint density at radius 2 is 2.26 bits per heavy atom. The minimum Gasteiger partial charge on any atom is -0.481 e. The number of nitrogens with zero attached hydrogens (tertiary/aromatic N) is 3. The molecule has 0 spiro atoms. The number of anilines is 1. The summed E-state index contributed by atoms with van der Waals surface area (Å²) < 4.78 is 12.8. The Morgan fingerprint density at radius 3 is 3.00 bits per heavy atom. The lowest BCUT2D eigenvalue weighted by Gasteiger charge is -2.28. The molecule has 102 valence electrons. The van der Waals surface area contributed by atoms with E-state index < -0.39 is 0 Å². The molecular formula is C13H18N4O2. The highest BCUT2D eigenvalue weighted by molar-refractivity contribution is 5.75. The molecule has 3 rings (SSSR count). The van der Waals surface area contributed by atoms with Gasteiger partial charge in [-0.2, -0.15) is 4.98 Å². The number of rotatable bonds is 2. The molecule has 2 aromatic heterocycles. The second-order valence-corrected chi connectivity index (χ2v) is 4.90. The maximum Gasteiger partial charge on any atom is 0.215 e. The van der Waals surface area contributed by atoms with Gasteiger partial charge in [0.25, 0.3) is 0 Å². The lowest BCUT2D eigenvalue weighted by molar-refractivity contribution is 0.00704. The van der Waals surface area contributed by atoms with Gasteiger partial charge in [0.1, 0.15) is 5.52 Å². The van der Waals surface area contributed by atoms with Crippen LogP contribution in [0.3, 0.4) is 0 Å². The maximum absolute atomic E-state index is 6.05. The van der Waals surface area contributed by atoms with E-state index in [2.05, 4.69) is 16.9 Å². The summed E-state index contributed by atoms with van der Waals surface area (Å²) >= 11 is 0. The van der Waals surface area contributed by atoms with Crippen LogP contribution in [0.1, 0.15) is 25.8 Å². The second kappa shape index (κ2) is 4.70. The number of nitrogen functional groups attached to an aromatic ring is 1. The summed E-state index contributed by atoms with van der Waals surface area (Å²) in [5.74, 6) is 1.09. The summed E-state index contributed by atoms with van der Waals surface area (Å²) in [5, 5.41) is 0. The molecule has 0 amide bonds. The van der Waals surface area contributed by atoms with Crippen molar-refractivity contribution < 1.29 is 9.47 Å². The van der Waals surface area contributed by atoms with Crippen molar-refractivity contribution in [3.05, 3.63) is 12.1 Å². The Labute approximate surface area is 111 Å². The first-order chi connectivity index (χ1) is 9.19. The summed E-state index contributed by atoms with van der Waals surface area (Å²) in [4.78, 5) is 8.84. The van der Waals surface area contributed by atoms with Gasteiger partial charge in [0, 0.05) is 18.7 Å². The summed E-state index contributed by atoms with van der Waals surface area (Å²) in [6.07, 6.45) is 2.09. The fourth-order valence-electron chi connectivity index (χ4n) is 2.66. The Bertz CT molecular complexity index is 596. The standard InChI is InChI=1S/C13H18N4O2/c1-8-7-9(5-6-19-8)17-12-10(15-13(17)14)3-4-11(16-12)18-2/h3-4,8-9H,5-7H2,1-2H3,(H2,14,15). The number of aromatic nitrogens is 3. The Hall–Kier alpha value is -1.82. The number of fused-ring (bicyclic) bond motifs is 1. The van der Waals surface area contributed by atoms with Gasteiger partial charge in [0.15, 0.2) is 5.65 Å². The quantitative estimate of drug-likeness (QED) is 0.892. The molecule has 2 N–H and O–H groups in total. The number of nitrogens with two attached hydrogens (primary N) is 1. The van der Waals surface area contributed by atoms with E-state index in [4.69, 9.17) is 15.2 Å². The second-order valence-electron chi connectivity index (χ2n) is 4.90. The molecule has 6 nitrogen and oxygen atoms in total. The van der Waals surface area contributed by atoms with E-state index in [1.807, 2.05) is 10.6 Å². The topological polar surface area (TPSA) is 75.2 Å². The zero-order chi connectivity index (χ0) is 13.4. The van der Waals surface area contributed by atoms with E-state index in [9.17, 15) is 0 Å². The van der Waals surface area contributed by atoms with Crippen molar-refractivity contribution in [2.45, 2.75) is 31.9 Å². The highest BCUT2D eigenvalue weighted by Gasteiger charge is 2.25. The van der Waals surface area contributed by atoms with E-state index >= 15 is 0 Å². The summed E-state index contributed by atoms with van der Waals surface area (Å²) in [6.45, 7) is 2.82. The molecule has 1 fully saturated rings. The van der Waals surface area contributed by atoms with Crippen LogP contribution in [0.5, 0.6) is 5.88 Å². The van der Waals surface area contributed by atoms with Crippen LogP contribution in [0.15, 0.2) is 12.1 Å². The smallest absolute Gasteiger partial charge is 0.215 e. The average Bonchev–Trinajstić information content (AvgIpc) is 2.73. The van der Waals surface area contributed by atoms with Crippen LogP contribution in [0.2, 0.25) is 0 Å². The van der Waals surface area contributed by atoms with Gasteiger partial charge in [-0.15, -0.1) is 0 Å². The fraction of sp³-hybridized carbons (Fsp3) is 0.538. The zero-order valence-electron chi connectivity index (χ0n) is 11.2. The van der Waals surface area contributed by atoms with Crippen molar-refractivity contribution in [1.29, 1.82) is 0 Å². The SMILES string of the molecule is COc1ccc2nc(N)n(C3CCOC(C)C3)c2n1. The third-order valence-electron chi connectivity index (χ3n) is 3.57. The van der Waals surface area contributed by atoms with Crippen LogP contribution >= 0.6 is 0 Å². The fourth-order valence-corrected chi connectivity index (χ4v) is 2.66. The molecule has 19 heavy (non-hydrogen) atoms. The molecule has 0 aromatic carbocycles. The predicted molar refractivity (Wildman–Crippen MR) is 72.2 cm³/mol. The normalized spacial score (nSPS) is 23.7. The first-order valence-corrected chi connectivity index (χ1v) is 6.49. The van der Waals surface area contributed by atoms with E-state index in [1.54, 1.807) is 13.2 Å². The minimum atomic E-state index is 0.237. The molecular weight excluding hydrogens is 244 g/mol. The van der Waals surface area contributed by atoms with Crippen LogP contribution in [0, 0.1) is 0 Å². The third-order valence-corrected chi connectivity index (χ3v) is 3.57. The number of ether oxygens (including phenoxy) is 2. The van der Waals surface area contributed by atoms with Crippen LogP contribution in [0.25, 0.3) is 11.2 Å². The summed E-state index contributed by atoms with van der Waals surface area (Å²) in [5.41, 5.74) is 7.64. The summed E-state index contributed by atoms with van der Waals surface area (Å²) in [7, 11) is 1.61. The molecule has 3 heterocycles. The van der Waals surface area contributed by atoms with Gasteiger partial charge in [-0.05, 0) is 25.8 Å². The van der Waals surface area contributed by atoms with Crippen molar-refractivity contribution in [2.24, 2.45) is 0 Å².